The average Bonchev–Trinajstić information content (AvgIpc) is 2.20. The first-order valence-electron chi connectivity index (χ1n) is 4.58. The second-order valence-electron chi connectivity index (χ2n) is 3.30. The molecular weight excluding hydrogens is 278 g/mol. The summed E-state index contributed by atoms with van der Waals surface area (Å²) < 4.78 is 5.44. The Bertz CT molecular complexity index is 386. The van der Waals surface area contributed by atoms with E-state index in [0.29, 0.717) is 23.2 Å². The highest BCUT2D eigenvalue weighted by molar-refractivity contribution is 9.10. The molecule has 1 aromatic heterocycles. The van der Waals surface area contributed by atoms with Gasteiger partial charge in [0.25, 0.3) is 5.69 Å². The number of halogens is 1. The Hall–Kier alpha value is -1.05. The standard InChI is InChI=1S/C9H12BrN3O3/c1-16-5-7(11)3-8-9(13(14)15)2-6(10)4-12-8/h2,4,7H,3,5,11H2,1H3. The number of nitrogens with zero attached hydrogens (tertiary/aromatic N) is 2. The summed E-state index contributed by atoms with van der Waals surface area (Å²) in [7, 11) is 1.53. The normalized spacial score (nSPS) is 12.4. The average molecular weight is 290 g/mol. The van der Waals surface area contributed by atoms with Gasteiger partial charge in [0.1, 0.15) is 5.69 Å². The number of rotatable bonds is 5. The molecule has 1 atom stereocenters. The van der Waals surface area contributed by atoms with E-state index in [1.165, 1.54) is 19.4 Å². The van der Waals surface area contributed by atoms with Crippen molar-refractivity contribution >= 4 is 21.6 Å². The third-order valence-corrected chi connectivity index (χ3v) is 2.38. The molecule has 7 heteroatoms. The molecule has 0 aliphatic rings. The van der Waals surface area contributed by atoms with Gasteiger partial charge in [-0.05, 0) is 15.9 Å². The number of hydrogen-bond donors (Lipinski definition) is 1. The molecule has 0 aliphatic carbocycles. The van der Waals surface area contributed by atoms with E-state index >= 15 is 0 Å². The van der Waals surface area contributed by atoms with Crippen molar-refractivity contribution in [2.45, 2.75) is 12.5 Å². The number of hydrogen-bond acceptors (Lipinski definition) is 5. The number of ether oxygens (including phenoxy) is 1. The minimum atomic E-state index is -0.466. The Kier molecular flexibility index (Phi) is 4.78. The SMILES string of the molecule is COCC(N)Cc1ncc(Br)cc1[N+](=O)[O-]. The quantitative estimate of drug-likeness (QED) is 0.651. The lowest BCUT2D eigenvalue weighted by atomic mass is 10.1. The molecule has 1 aromatic rings. The largest absolute Gasteiger partial charge is 0.383 e. The van der Waals surface area contributed by atoms with Crippen LogP contribution in [0.2, 0.25) is 0 Å². The van der Waals surface area contributed by atoms with Crippen molar-refractivity contribution in [2.75, 3.05) is 13.7 Å². The molecule has 88 valence electrons. The van der Waals surface area contributed by atoms with E-state index in [9.17, 15) is 10.1 Å². The minimum Gasteiger partial charge on any atom is -0.383 e. The first-order valence-corrected chi connectivity index (χ1v) is 5.37. The summed E-state index contributed by atoms with van der Waals surface area (Å²) in [6.45, 7) is 0.342. The molecule has 1 rings (SSSR count). The Balaban J connectivity index is 2.90. The minimum absolute atomic E-state index is 0.0269. The lowest BCUT2D eigenvalue weighted by molar-refractivity contribution is -0.386. The zero-order chi connectivity index (χ0) is 12.1. The Morgan fingerprint density at radius 1 is 1.75 bits per heavy atom. The summed E-state index contributed by atoms with van der Waals surface area (Å²) in [6.07, 6.45) is 1.83. The monoisotopic (exact) mass is 289 g/mol. The molecular formula is C9H12BrN3O3. The highest BCUT2D eigenvalue weighted by atomic mass is 79.9. The maximum absolute atomic E-state index is 10.8. The highest BCUT2D eigenvalue weighted by Gasteiger charge is 2.18. The molecule has 1 unspecified atom stereocenters. The first-order chi connectivity index (χ1) is 7.54. The zero-order valence-corrected chi connectivity index (χ0v) is 10.3. The summed E-state index contributed by atoms with van der Waals surface area (Å²) in [4.78, 5) is 14.3. The molecule has 6 nitrogen and oxygen atoms in total. The maximum atomic E-state index is 10.8. The van der Waals surface area contributed by atoms with Gasteiger partial charge in [-0.25, -0.2) is 0 Å². The number of pyridine rings is 1. The summed E-state index contributed by atoms with van der Waals surface area (Å²) in [5.74, 6) is 0. The van der Waals surface area contributed by atoms with Crippen molar-refractivity contribution in [3.8, 4) is 0 Å². The van der Waals surface area contributed by atoms with E-state index in [2.05, 4.69) is 20.9 Å². The molecule has 0 bridgehead atoms. The van der Waals surface area contributed by atoms with Crippen LogP contribution in [0.5, 0.6) is 0 Å². The van der Waals surface area contributed by atoms with Crippen molar-refractivity contribution in [1.29, 1.82) is 0 Å². The van der Waals surface area contributed by atoms with E-state index in [0.717, 1.165) is 0 Å². The van der Waals surface area contributed by atoms with Gasteiger partial charge in [0.05, 0.1) is 11.5 Å². The lowest BCUT2D eigenvalue weighted by Crippen LogP contribution is -2.28. The predicted octanol–water partition coefficient (Wildman–Crippen LogP) is 1.27. The highest BCUT2D eigenvalue weighted by Crippen LogP contribution is 2.21. The van der Waals surface area contributed by atoms with Crippen molar-refractivity contribution in [2.24, 2.45) is 5.73 Å². The number of nitrogens with two attached hydrogens (primary N) is 1. The smallest absolute Gasteiger partial charge is 0.291 e. The topological polar surface area (TPSA) is 91.3 Å². The first kappa shape index (κ1) is 13.0. The fraction of sp³-hybridized carbons (Fsp3) is 0.444. The summed E-state index contributed by atoms with van der Waals surface area (Å²) in [5.41, 5.74) is 6.07. The van der Waals surface area contributed by atoms with Crippen LogP contribution in [0.25, 0.3) is 0 Å². The fourth-order valence-corrected chi connectivity index (χ4v) is 1.61. The van der Waals surface area contributed by atoms with Gasteiger partial charge >= 0.3 is 0 Å². The summed E-state index contributed by atoms with van der Waals surface area (Å²) >= 11 is 3.14. The van der Waals surface area contributed by atoms with Gasteiger partial charge in [-0.15, -0.1) is 0 Å². The van der Waals surface area contributed by atoms with E-state index in [4.69, 9.17) is 10.5 Å². The van der Waals surface area contributed by atoms with E-state index in [1.807, 2.05) is 0 Å². The van der Waals surface area contributed by atoms with Crippen LogP contribution in [0.3, 0.4) is 0 Å². The molecule has 0 aliphatic heterocycles. The second kappa shape index (κ2) is 5.88. The van der Waals surface area contributed by atoms with Crippen LogP contribution in [-0.4, -0.2) is 29.7 Å². The third-order valence-electron chi connectivity index (χ3n) is 1.95. The van der Waals surface area contributed by atoms with Crippen LogP contribution in [0.4, 0.5) is 5.69 Å². The van der Waals surface area contributed by atoms with Crippen LogP contribution < -0.4 is 5.73 Å². The fourth-order valence-electron chi connectivity index (χ4n) is 1.29. The Morgan fingerprint density at radius 2 is 2.44 bits per heavy atom. The van der Waals surface area contributed by atoms with Gasteiger partial charge in [-0.2, -0.15) is 0 Å². The van der Waals surface area contributed by atoms with Gasteiger partial charge < -0.3 is 10.5 Å². The number of aromatic nitrogens is 1. The molecule has 0 saturated heterocycles. The molecule has 0 radical (unpaired) electrons. The molecule has 0 aromatic carbocycles. The molecule has 1 heterocycles. The number of methoxy groups -OCH3 is 1. The molecule has 0 amide bonds. The van der Waals surface area contributed by atoms with Crippen molar-refractivity contribution in [1.82, 2.24) is 4.98 Å². The maximum Gasteiger partial charge on any atom is 0.291 e. The molecule has 0 fully saturated rings. The van der Waals surface area contributed by atoms with Crippen LogP contribution in [0, 0.1) is 10.1 Å². The van der Waals surface area contributed by atoms with Gasteiger partial charge in [0.15, 0.2) is 0 Å². The van der Waals surface area contributed by atoms with Gasteiger partial charge in [-0.3, -0.25) is 15.1 Å². The van der Waals surface area contributed by atoms with Crippen LogP contribution in [0.15, 0.2) is 16.7 Å². The number of nitro groups is 1. The van der Waals surface area contributed by atoms with Crippen LogP contribution >= 0.6 is 15.9 Å². The Labute approximate surface area is 101 Å². The molecule has 16 heavy (non-hydrogen) atoms. The van der Waals surface area contributed by atoms with Gasteiger partial charge in [-0.1, -0.05) is 0 Å². The van der Waals surface area contributed by atoms with E-state index < -0.39 is 4.92 Å². The third kappa shape index (κ3) is 3.51. The van der Waals surface area contributed by atoms with E-state index in [1.54, 1.807) is 0 Å². The Morgan fingerprint density at radius 3 is 3.00 bits per heavy atom. The molecule has 2 N–H and O–H groups in total. The van der Waals surface area contributed by atoms with Crippen molar-refractivity contribution in [3.63, 3.8) is 0 Å². The lowest BCUT2D eigenvalue weighted by Gasteiger charge is -2.09. The van der Waals surface area contributed by atoms with Crippen molar-refractivity contribution in [3.05, 3.63) is 32.5 Å². The molecule has 0 saturated carbocycles. The second-order valence-corrected chi connectivity index (χ2v) is 4.21. The predicted molar refractivity (Wildman–Crippen MR) is 62.1 cm³/mol. The van der Waals surface area contributed by atoms with E-state index in [-0.39, 0.29) is 11.7 Å². The van der Waals surface area contributed by atoms with Gasteiger partial charge in [0, 0.05) is 36.3 Å². The molecule has 0 spiro atoms. The van der Waals surface area contributed by atoms with Gasteiger partial charge in [0.2, 0.25) is 0 Å². The van der Waals surface area contributed by atoms with Crippen molar-refractivity contribution < 1.29 is 9.66 Å². The zero-order valence-electron chi connectivity index (χ0n) is 8.72. The van der Waals surface area contributed by atoms with Crippen LogP contribution in [-0.2, 0) is 11.2 Å². The summed E-state index contributed by atoms with van der Waals surface area (Å²) in [6, 6.07) is 1.12. The summed E-state index contributed by atoms with van der Waals surface area (Å²) in [5, 5.41) is 10.8. The van der Waals surface area contributed by atoms with Crippen LogP contribution in [0.1, 0.15) is 5.69 Å².